The molecule has 21 aromatic carbocycles. The van der Waals surface area contributed by atoms with E-state index in [4.69, 9.17) is 0 Å². The van der Waals surface area contributed by atoms with Gasteiger partial charge in [-0.05, 0) is 268 Å². The highest BCUT2D eigenvalue weighted by molar-refractivity contribution is 5.88. The van der Waals surface area contributed by atoms with Crippen molar-refractivity contribution < 1.29 is 0 Å². The van der Waals surface area contributed by atoms with Crippen molar-refractivity contribution in [1.29, 1.82) is 0 Å². The molecule has 0 bridgehead atoms. The van der Waals surface area contributed by atoms with Crippen LogP contribution in [0.4, 0.5) is 68.2 Å². The second-order valence-corrected chi connectivity index (χ2v) is 32.4. The lowest BCUT2D eigenvalue weighted by Gasteiger charge is -2.26. The Hall–Kier alpha value is -17.2. The minimum absolute atomic E-state index is 1.09. The summed E-state index contributed by atoms with van der Waals surface area (Å²) in [5, 5.41) is 0. The Morgan fingerprint density at radius 1 is 0.0615 bits per heavy atom. The normalized spacial score (nSPS) is 10.9. The van der Waals surface area contributed by atoms with Gasteiger partial charge in [0.25, 0.3) is 0 Å². The minimum Gasteiger partial charge on any atom is -0.311 e. The number of rotatable bonds is 23. The molecular formula is C126H92N4. The molecule has 130 heavy (non-hydrogen) atoms. The quantitative estimate of drug-likeness (QED) is 0.0633. The third-order valence-corrected chi connectivity index (χ3v) is 24.2. The molecule has 0 aromatic heterocycles. The fraction of sp³-hybridized carbons (Fsp3) is 0. The van der Waals surface area contributed by atoms with Crippen LogP contribution in [-0.2, 0) is 0 Å². The summed E-state index contributed by atoms with van der Waals surface area (Å²) in [6.45, 7) is 0. The Morgan fingerprint density at radius 2 is 0.131 bits per heavy atom. The molecule has 4 heteroatoms. The zero-order valence-electron chi connectivity index (χ0n) is 71.9. The van der Waals surface area contributed by atoms with Gasteiger partial charge in [-0.25, -0.2) is 0 Å². The summed E-state index contributed by atoms with van der Waals surface area (Å²) in [6.07, 6.45) is 0. The standard InChI is InChI=1S/C66H48N2.C60H44N2/c1-5-13-49(14-6-1)55-25-37-61(38-26-55)67(62-39-27-56(28-40-62)50-15-7-2-8-16-50)65-45-33-59(34-46-65)53-21-23-54(24-22-53)60-35-47-66(48-36-60)68(63-41-29-57(30-42-63)51-17-9-3-10-18-51)64-43-31-58(32-44-64)52-19-11-4-12-20-52;1-5-13-45(14-6-1)48-21-23-49(24-22-48)52-29-41-59(42-30-52)62(58-37-27-51(28-38-58)47-17-9-3-10-18-47)60-43-33-54(34-44-60)53-31-39-57(40-32-53)61(55-19-11-4-12-20-55)56-35-25-50(26-36-56)46-15-7-2-8-16-46/h1-48H;1-44H. The average molecular weight is 1660 g/mol. The zero-order chi connectivity index (χ0) is 87.0. The summed E-state index contributed by atoms with van der Waals surface area (Å²) < 4.78 is 0. The Labute approximate surface area is 763 Å². The van der Waals surface area contributed by atoms with Gasteiger partial charge in [-0.3, -0.25) is 0 Å². The Kier molecular flexibility index (Phi) is 24.1. The van der Waals surface area contributed by atoms with Crippen LogP contribution in [0.3, 0.4) is 0 Å². The van der Waals surface area contributed by atoms with Gasteiger partial charge in [0.2, 0.25) is 0 Å². The monoisotopic (exact) mass is 1660 g/mol. The van der Waals surface area contributed by atoms with Crippen LogP contribution in [0.2, 0.25) is 0 Å². The van der Waals surface area contributed by atoms with Gasteiger partial charge in [0.15, 0.2) is 0 Å². The maximum Gasteiger partial charge on any atom is 0.0462 e. The van der Waals surface area contributed by atoms with Crippen molar-refractivity contribution in [3.63, 3.8) is 0 Å². The first kappa shape index (κ1) is 81.2. The number of anilines is 12. The minimum atomic E-state index is 1.09. The third kappa shape index (κ3) is 18.5. The molecule has 616 valence electrons. The molecule has 21 rings (SSSR count). The zero-order valence-corrected chi connectivity index (χ0v) is 71.9. The fourth-order valence-corrected chi connectivity index (χ4v) is 17.3. The van der Waals surface area contributed by atoms with Crippen molar-refractivity contribution in [1.82, 2.24) is 0 Å². The molecule has 0 aliphatic rings. The van der Waals surface area contributed by atoms with Crippen LogP contribution >= 0.6 is 0 Å². The molecule has 0 N–H and O–H groups in total. The lowest BCUT2D eigenvalue weighted by Crippen LogP contribution is -2.10. The number of benzene rings is 21. The predicted molar refractivity (Wildman–Crippen MR) is 551 cm³/mol. The SMILES string of the molecule is c1ccc(-c2ccc(-c3ccc(N(c4ccc(-c5ccccc5)cc4)c4ccc(-c5ccc(N(c6ccccc6)c6ccc(-c7ccccc7)cc6)cc5)cc4)cc3)cc2)cc1.c1ccc(-c2ccc(N(c3ccc(-c4ccccc4)cc3)c3ccc(-c4ccc(-c5ccc(N(c6ccc(-c7ccccc7)cc6)c6ccc(-c7ccccc7)cc6)cc5)cc4)cc3)cc2)cc1. The van der Waals surface area contributed by atoms with E-state index in [9.17, 15) is 0 Å². The van der Waals surface area contributed by atoms with Gasteiger partial charge in [0.1, 0.15) is 0 Å². The number of nitrogens with zero attached hydrogens (tertiary/aromatic N) is 4. The highest BCUT2D eigenvalue weighted by Gasteiger charge is 2.21. The van der Waals surface area contributed by atoms with Gasteiger partial charge < -0.3 is 19.6 Å². The van der Waals surface area contributed by atoms with Crippen LogP contribution in [0.15, 0.2) is 558 Å². The molecule has 0 atom stereocenters. The molecule has 0 saturated heterocycles. The van der Waals surface area contributed by atoms with E-state index in [1.807, 2.05) is 0 Å². The van der Waals surface area contributed by atoms with Gasteiger partial charge in [-0.15, -0.1) is 0 Å². The van der Waals surface area contributed by atoms with Crippen LogP contribution in [0.5, 0.6) is 0 Å². The van der Waals surface area contributed by atoms with E-state index in [-0.39, 0.29) is 0 Å². The first-order valence-corrected chi connectivity index (χ1v) is 44.4. The van der Waals surface area contributed by atoms with E-state index in [1.54, 1.807) is 0 Å². The summed E-state index contributed by atoms with van der Waals surface area (Å²) in [6, 6.07) is 200. The van der Waals surface area contributed by atoms with Crippen molar-refractivity contribution in [2.24, 2.45) is 0 Å². The largest absolute Gasteiger partial charge is 0.311 e. The van der Waals surface area contributed by atoms with E-state index >= 15 is 0 Å². The van der Waals surface area contributed by atoms with E-state index in [1.165, 1.54) is 111 Å². The summed E-state index contributed by atoms with van der Waals surface area (Å²) >= 11 is 0. The van der Waals surface area contributed by atoms with Crippen LogP contribution in [0.25, 0.3) is 122 Å². The molecule has 0 amide bonds. The van der Waals surface area contributed by atoms with E-state index < -0.39 is 0 Å². The van der Waals surface area contributed by atoms with Crippen LogP contribution in [0.1, 0.15) is 0 Å². The number of para-hydroxylation sites is 1. The second kappa shape index (κ2) is 38.5. The van der Waals surface area contributed by atoms with E-state index in [0.717, 1.165) is 79.4 Å². The Balaban J connectivity index is 0.000000163. The topological polar surface area (TPSA) is 13.0 Å². The summed E-state index contributed by atoms with van der Waals surface area (Å²) in [5.41, 5.74) is 39.4. The Morgan fingerprint density at radius 3 is 0.231 bits per heavy atom. The van der Waals surface area contributed by atoms with Crippen LogP contribution in [0, 0.1) is 0 Å². The van der Waals surface area contributed by atoms with Crippen molar-refractivity contribution in [3.8, 4) is 122 Å². The van der Waals surface area contributed by atoms with Gasteiger partial charge in [-0.2, -0.15) is 0 Å². The molecule has 4 nitrogen and oxygen atoms in total. The van der Waals surface area contributed by atoms with E-state index in [2.05, 4.69) is 578 Å². The van der Waals surface area contributed by atoms with E-state index in [0.29, 0.717) is 0 Å². The lowest BCUT2D eigenvalue weighted by atomic mass is 9.99. The lowest BCUT2D eigenvalue weighted by molar-refractivity contribution is 1.28. The number of hydrogen-bond donors (Lipinski definition) is 0. The first-order chi connectivity index (χ1) is 64.4. The summed E-state index contributed by atoms with van der Waals surface area (Å²) in [4.78, 5) is 9.32. The molecule has 0 radical (unpaired) electrons. The molecule has 0 heterocycles. The smallest absolute Gasteiger partial charge is 0.0462 e. The van der Waals surface area contributed by atoms with Gasteiger partial charge in [-0.1, -0.05) is 413 Å². The second-order valence-electron chi connectivity index (χ2n) is 32.4. The molecule has 0 saturated carbocycles. The summed E-state index contributed by atoms with van der Waals surface area (Å²) in [7, 11) is 0. The molecule has 0 unspecified atom stereocenters. The van der Waals surface area contributed by atoms with Crippen LogP contribution in [-0.4, -0.2) is 0 Å². The maximum absolute atomic E-state index is 2.34. The van der Waals surface area contributed by atoms with Gasteiger partial charge >= 0.3 is 0 Å². The van der Waals surface area contributed by atoms with Crippen molar-refractivity contribution in [2.75, 3.05) is 19.6 Å². The number of hydrogen-bond acceptors (Lipinski definition) is 4. The van der Waals surface area contributed by atoms with Gasteiger partial charge in [0.05, 0.1) is 0 Å². The molecule has 0 fully saturated rings. The molecule has 0 aliphatic heterocycles. The molecule has 21 aromatic rings. The molecular weight excluding hydrogens is 1570 g/mol. The maximum atomic E-state index is 2.34. The Bertz CT molecular complexity index is 6790. The van der Waals surface area contributed by atoms with Crippen molar-refractivity contribution in [2.45, 2.75) is 0 Å². The summed E-state index contributed by atoms with van der Waals surface area (Å²) in [5.74, 6) is 0. The van der Waals surface area contributed by atoms with Crippen molar-refractivity contribution in [3.05, 3.63) is 558 Å². The van der Waals surface area contributed by atoms with Gasteiger partial charge in [0, 0.05) is 68.2 Å². The molecule has 0 aliphatic carbocycles. The first-order valence-electron chi connectivity index (χ1n) is 44.4. The highest BCUT2D eigenvalue weighted by Crippen LogP contribution is 2.45. The van der Waals surface area contributed by atoms with Crippen molar-refractivity contribution >= 4 is 68.2 Å². The predicted octanol–water partition coefficient (Wildman–Crippen LogP) is 35.6. The molecule has 0 spiro atoms. The van der Waals surface area contributed by atoms with Crippen LogP contribution < -0.4 is 19.6 Å². The highest BCUT2D eigenvalue weighted by atomic mass is 15.2. The third-order valence-electron chi connectivity index (χ3n) is 24.2. The fourth-order valence-electron chi connectivity index (χ4n) is 17.3. The average Bonchev–Trinajstić information content (AvgIpc) is 0.797.